The molecule has 2 N–H and O–H groups in total. The number of benzene rings is 1. The number of nitrogens with zero attached hydrogens (tertiary/aromatic N) is 2. The Morgan fingerprint density at radius 3 is 2.95 bits per heavy atom. The van der Waals surface area contributed by atoms with Crippen molar-refractivity contribution in [3.05, 3.63) is 35.6 Å². The molecule has 0 unspecified atom stereocenters. The molecule has 0 saturated carbocycles. The van der Waals surface area contributed by atoms with Crippen molar-refractivity contribution < 1.29 is 13.9 Å². The highest BCUT2D eigenvalue weighted by Crippen LogP contribution is 2.33. The summed E-state index contributed by atoms with van der Waals surface area (Å²) in [4.78, 5) is 11.8. The third-order valence-electron chi connectivity index (χ3n) is 2.83. The zero-order valence-electron chi connectivity index (χ0n) is 11.0. The number of ether oxygens (including phenoxy) is 1. The lowest BCUT2D eigenvalue weighted by atomic mass is 10.1. The van der Waals surface area contributed by atoms with E-state index in [9.17, 15) is 4.79 Å². The summed E-state index contributed by atoms with van der Waals surface area (Å²) >= 11 is 2.76. The number of thioether (sulfide) groups is 1. The van der Waals surface area contributed by atoms with Crippen LogP contribution in [0.15, 0.2) is 33.0 Å². The Bertz CT molecular complexity index is 797. The minimum Gasteiger partial charge on any atom is -0.463 e. The first kappa shape index (κ1) is 13.9. The number of anilines is 1. The van der Waals surface area contributed by atoms with Crippen molar-refractivity contribution in [1.82, 2.24) is 10.2 Å². The maximum Gasteiger partial charge on any atom is 0.374 e. The van der Waals surface area contributed by atoms with Gasteiger partial charge in [0.15, 0.2) is 4.34 Å². The van der Waals surface area contributed by atoms with E-state index >= 15 is 0 Å². The van der Waals surface area contributed by atoms with Crippen LogP contribution in [0.3, 0.4) is 0 Å². The van der Waals surface area contributed by atoms with E-state index < -0.39 is 5.97 Å². The summed E-state index contributed by atoms with van der Waals surface area (Å²) in [5.41, 5.74) is 7.00. The molecule has 0 aliphatic carbocycles. The van der Waals surface area contributed by atoms with Crippen molar-refractivity contribution in [2.45, 2.75) is 10.1 Å². The third kappa shape index (κ3) is 2.72. The van der Waals surface area contributed by atoms with E-state index in [-0.39, 0.29) is 5.76 Å². The van der Waals surface area contributed by atoms with Crippen molar-refractivity contribution in [3.63, 3.8) is 0 Å². The first-order chi connectivity index (χ1) is 10.2. The number of hydrogen-bond acceptors (Lipinski definition) is 8. The highest BCUT2D eigenvalue weighted by molar-refractivity contribution is 8.00. The second kappa shape index (κ2) is 5.74. The average molecular weight is 321 g/mol. The molecule has 8 heteroatoms. The van der Waals surface area contributed by atoms with E-state index in [1.807, 2.05) is 24.3 Å². The fourth-order valence-corrected chi connectivity index (χ4v) is 3.58. The van der Waals surface area contributed by atoms with E-state index in [1.165, 1.54) is 30.2 Å². The van der Waals surface area contributed by atoms with Gasteiger partial charge in [0.25, 0.3) is 0 Å². The predicted molar refractivity (Wildman–Crippen MR) is 81.4 cm³/mol. The summed E-state index contributed by atoms with van der Waals surface area (Å²) in [7, 11) is 1.33. The van der Waals surface area contributed by atoms with Gasteiger partial charge in [-0.05, 0) is 6.07 Å². The van der Waals surface area contributed by atoms with Crippen LogP contribution in [0.4, 0.5) is 5.13 Å². The molecule has 2 heterocycles. The van der Waals surface area contributed by atoms with Gasteiger partial charge in [-0.15, -0.1) is 10.2 Å². The molecule has 0 spiro atoms. The van der Waals surface area contributed by atoms with E-state index in [0.717, 1.165) is 15.3 Å². The number of aromatic nitrogens is 2. The van der Waals surface area contributed by atoms with Gasteiger partial charge < -0.3 is 14.9 Å². The molecule has 0 aliphatic heterocycles. The van der Waals surface area contributed by atoms with E-state index in [0.29, 0.717) is 16.5 Å². The van der Waals surface area contributed by atoms with E-state index in [2.05, 4.69) is 10.2 Å². The fourth-order valence-electron chi connectivity index (χ4n) is 1.91. The first-order valence-corrected chi connectivity index (χ1v) is 7.79. The number of methoxy groups -OCH3 is 1. The Morgan fingerprint density at radius 1 is 1.43 bits per heavy atom. The number of nitrogen functional groups attached to an aromatic ring is 1. The van der Waals surface area contributed by atoms with Crippen LogP contribution in [0.5, 0.6) is 0 Å². The summed E-state index contributed by atoms with van der Waals surface area (Å²) in [5, 5.41) is 9.02. The number of para-hydroxylation sites is 1. The van der Waals surface area contributed by atoms with Crippen LogP contribution in [0, 0.1) is 0 Å². The number of nitrogens with two attached hydrogens (primary N) is 1. The van der Waals surface area contributed by atoms with Crippen LogP contribution < -0.4 is 5.73 Å². The van der Waals surface area contributed by atoms with Crippen LogP contribution in [0.2, 0.25) is 0 Å². The number of rotatable bonds is 4. The molecule has 3 rings (SSSR count). The minimum atomic E-state index is -0.487. The zero-order valence-corrected chi connectivity index (χ0v) is 12.7. The van der Waals surface area contributed by atoms with Crippen LogP contribution in [0.1, 0.15) is 16.1 Å². The van der Waals surface area contributed by atoms with Crippen LogP contribution in [-0.4, -0.2) is 23.3 Å². The topological polar surface area (TPSA) is 91.2 Å². The molecule has 6 nitrogen and oxygen atoms in total. The SMILES string of the molecule is COC(=O)c1oc2ccccc2c1CSc1nnc(N)s1. The Morgan fingerprint density at radius 2 is 2.24 bits per heavy atom. The van der Waals surface area contributed by atoms with Crippen molar-refractivity contribution >= 4 is 45.2 Å². The molecule has 3 aromatic rings. The molecule has 0 aliphatic rings. The quantitative estimate of drug-likeness (QED) is 0.583. The summed E-state index contributed by atoms with van der Waals surface area (Å²) in [6.45, 7) is 0. The Hall–Kier alpha value is -2.06. The van der Waals surface area contributed by atoms with Gasteiger partial charge in [-0.3, -0.25) is 0 Å². The third-order valence-corrected chi connectivity index (χ3v) is 4.74. The van der Waals surface area contributed by atoms with Crippen LogP contribution >= 0.6 is 23.1 Å². The molecular formula is C13H11N3O3S2. The fraction of sp³-hybridized carbons (Fsp3) is 0.154. The Kier molecular flexibility index (Phi) is 3.80. The van der Waals surface area contributed by atoms with E-state index in [1.54, 1.807) is 0 Å². The summed E-state index contributed by atoms with van der Waals surface area (Å²) in [6.07, 6.45) is 0. The predicted octanol–water partition coefficient (Wildman–Crippen LogP) is 2.95. The van der Waals surface area contributed by atoms with Gasteiger partial charge in [-0.2, -0.15) is 0 Å². The van der Waals surface area contributed by atoms with Crippen molar-refractivity contribution in [2.24, 2.45) is 0 Å². The van der Waals surface area contributed by atoms with Crippen molar-refractivity contribution in [1.29, 1.82) is 0 Å². The van der Waals surface area contributed by atoms with Gasteiger partial charge in [0, 0.05) is 16.7 Å². The standard InChI is InChI=1S/C13H11N3O3S2/c1-18-11(17)10-8(6-20-13-16-15-12(14)21-13)7-4-2-3-5-9(7)19-10/h2-5H,6H2,1H3,(H2,14,15). The second-order valence-electron chi connectivity index (χ2n) is 4.09. The molecule has 0 bridgehead atoms. The number of fused-ring (bicyclic) bond motifs is 1. The van der Waals surface area contributed by atoms with Crippen molar-refractivity contribution in [2.75, 3.05) is 12.8 Å². The molecule has 2 aromatic heterocycles. The number of esters is 1. The highest BCUT2D eigenvalue weighted by Gasteiger charge is 2.21. The van der Waals surface area contributed by atoms with Gasteiger partial charge >= 0.3 is 5.97 Å². The van der Waals surface area contributed by atoms with Gasteiger partial charge in [0.2, 0.25) is 10.9 Å². The smallest absolute Gasteiger partial charge is 0.374 e. The van der Waals surface area contributed by atoms with Gasteiger partial charge in [-0.25, -0.2) is 4.79 Å². The normalized spacial score (nSPS) is 10.9. The van der Waals surface area contributed by atoms with E-state index in [4.69, 9.17) is 14.9 Å². The lowest BCUT2D eigenvalue weighted by molar-refractivity contribution is 0.0566. The zero-order chi connectivity index (χ0) is 14.8. The average Bonchev–Trinajstić information content (AvgIpc) is 3.07. The molecule has 1 aromatic carbocycles. The number of furan rings is 1. The van der Waals surface area contributed by atoms with Gasteiger partial charge in [0.05, 0.1) is 7.11 Å². The number of carbonyl (C=O) groups excluding carboxylic acids is 1. The molecular weight excluding hydrogens is 310 g/mol. The molecule has 0 atom stereocenters. The lowest BCUT2D eigenvalue weighted by Gasteiger charge is -2.00. The van der Waals surface area contributed by atoms with Gasteiger partial charge in [0.1, 0.15) is 5.58 Å². The monoisotopic (exact) mass is 321 g/mol. The van der Waals surface area contributed by atoms with Crippen molar-refractivity contribution in [3.8, 4) is 0 Å². The second-order valence-corrected chi connectivity index (χ2v) is 6.32. The van der Waals surface area contributed by atoms with Crippen LogP contribution in [-0.2, 0) is 10.5 Å². The Balaban J connectivity index is 1.96. The molecule has 0 radical (unpaired) electrons. The molecule has 21 heavy (non-hydrogen) atoms. The van der Waals surface area contributed by atoms with Crippen LogP contribution in [0.25, 0.3) is 11.0 Å². The first-order valence-electron chi connectivity index (χ1n) is 5.99. The number of carbonyl (C=O) groups is 1. The minimum absolute atomic E-state index is 0.226. The number of hydrogen-bond donors (Lipinski definition) is 1. The molecule has 0 amide bonds. The summed E-state index contributed by atoms with van der Waals surface area (Å²) in [5.74, 6) is 0.262. The Labute approximate surface area is 128 Å². The maximum atomic E-state index is 11.8. The molecule has 0 saturated heterocycles. The summed E-state index contributed by atoms with van der Waals surface area (Å²) in [6, 6.07) is 7.49. The maximum absolute atomic E-state index is 11.8. The highest BCUT2D eigenvalue weighted by atomic mass is 32.2. The molecule has 0 fully saturated rings. The summed E-state index contributed by atoms with van der Waals surface area (Å²) < 4.78 is 11.1. The lowest BCUT2D eigenvalue weighted by Crippen LogP contribution is -2.02. The molecule has 108 valence electrons. The largest absolute Gasteiger partial charge is 0.463 e. The van der Waals surface area contributed by atoms with Gasteiger partial charge in [-0.1, -0.05) is 41.3 Å².